The van der Waals surface area contributed by atoms with Gasteiger partial charge in [0.25, 0.3) is 5.91 Å². The van der Waals surface area contributed by atoms with Crippen LogP contribution in [0.3, 0.4) is 0 Å². The van der Waals surface area contributed by atoms with Gasteiger partial charge in [0.05, 0.1) is 11.8 Å². The molecule has 2 heterocycles. The molecule has 20 heavy (non-hydrogen) atoms. The second-order valence-electron chi connectivity index (χ2n) is 5.26. The third-order valence-electron chi connectivity index (χ3n) is 3.42. The monoisotopic (exact) mass is 297 g/mol. The molecule has 0 bridgehead atoms. The molecule has 6 heteroatoms. The summed E-state index contributed by atoms with van der Waals surface area (Å²) in [6, 6.07) is 0.208. The van der Waals surface area contributed by atoms with Crippen LogP contribution >= 0.6 is 11.3 Å². The first-order valence-corrected chi connectivity index (χ1v) is 8.13. The van der Waals surface area contributed by atoms with Gasteiger partial charge in [-0.1, -0.05) is 6.92 Å². The van der Waals surface area contributed by atoms with Crippen molar-refractivity contribution in [3.63, 3.8) is 0 Å². The topological polar surface area (TPSA) is 63.2 Å². The van der Waals surface area contributed by atoms with Crippen molar-refractivity contribution >= 4 is 22.4 Å². The molecule has 1 aliphatic rings. The van der Waals surface area contributed by atoms with Gasteiger partial charge in [0, 0.05) is 11.4 Å². The summed E-state index contributed by atoms with van der Waals surface area (Å²) >= 11 is 1.46. The van der Waals surface area contributed by atoms with E-state index in [9.17, 15) is 4.79 Å². The van der Waals surface area contributed by atoms with Gasteiger partial charge >= 0.3 is 0 Å². The van der Waals surface area contributed by atoms with E-state index in [-0.39, 0.29) is 24.2 Å². The van der Waals surface area contributed by atoms with Gasteiger partial charge < -0.3 is 10.1 Å². The second-order valence-corrected chi connectivity index (χ2v) is 6.11. The van der Waals surface area contributed by atoms with E-state index in [1.54, 1.807) is 0 Å². The number of anilines is 1. The number of carbonyl (C=O) groups excluding carboxylic acids is 1. The summed E-state index contributed by atoms with van der Waals surface area (Å²) in [4.78, 5) is 16.5. The number of nitrogens with one attached hydrogen (secondary N) is 2. The Kier molecular flexibility index (Phi) is 5.51. The second kappa shape index (κ2) is 7.15. The first-order chi connectivity index (χ1) is 9.60. The molecule has 3 unspecified atom stereocenters. The Hall–Kier alpha value is -0.980. The maximum absolute atomic E-state index is 12.0. The molecule has 0 saturated carbocycles. The standard InChI is InChI=1S/C14H23N3O2S/c1-4-7-15-10(3)11-8-20-14(16-11)17-13(18)12-6-5-9(2)19-12/h8-10,12,15H,4-7H2,1-3H3,(H,16,17,18). The number of ether oxygens (including phenoxy) is 1. The molecule has 1 aromatic heterocycles. The Labute approximate surface area is 124 Å². The van der Waals surface area contributed by atoms with Crippen LogP contribution in [0.2, 0.25) is 0 Å². The van der Waals surface area contributed by atoms with Crippen molar-refractivity contribution < 1.29 is 9.53 Å². The first-order valence-electron chi connectivity index (χ1n) is 7.25. The molecule has 0 radical (unpaired) electrons. The molecule has 1 fully saturated rings. The van der Waals surface area contributed by atoms with Crippen LogP contribution in [0.5, 0.6) is 0 Å². The summed E-state index contributed by atoms with van der Waals surface area (Å²) in [5.41, 5.74) is 0.972. The highest BCUT2D eigenvalue weighted by molar-refractivity contribution is 7.13. The lowest BCUT2D eigenvalue weighted by atomic mass is 10.2. The molecule has 0 aliphatic carbocycles. The minimum absolute atomic E-state index is 0.0792. The van der Waals surface area contributed by atoms with Crippen molar-refractivity contribution in [1.29, 1.82) is 0 Å². The average Bonchev–Trinajstić information content (AvgIpc) is 3.05. The Bertz CT molecular complexity index is 449. The van der Waals surface area contributed by atoms with Crippen LogP contribution in [0, 0.1) is 0 Å². The van der Waals surface area contributed by atoms with Crippen LogP contribution in [-0.4, -0.2) is 29.6 Å². The first kappa shape index (κ1) is 15.4. The van der Waals surface area contributed by atoms with E-state index in [1.807, 2.05) is 12.3 Å². The maximum Gasteiger partial charge on any atom is 0.255 e. The molecule has 1 aromatic rings. The van der Waals surface area contributed by atoms with Crippen molar-refractivity contribution in [2.75, 3.05) is 11.9 Å². The quantitative estimate of drug-likeness (QED) is 0.847. The van der Waals surface area contributed by atoms with Crippen LogP contribution < -0.4 is 10.6 Å². The lowest BCUT2D eigenvalue weighted by Gasteiger charge is -2.11. The molecule has 2 N–H and O–H groups in total. The fraction of sp³-hybridized carbons (Fsp3) is 0.714. The van der Waals surface area contributed by atoms with Crippen molar-refractivity contribution in [3.8, 4) is 0 Å². The van der Waals surface area contributed by atoms with E-state index in [2.05, 4.69) is 29.5 Å². The summed E-state index contributed by atoms with van der Waals surface area (Å²) in [6.07, 6.45) is 2.68. The summed E-state index contributed by atoms with van der Waals surface area (Å²) < 4.78 is 5.56. The lowest BCUT2D eigenvalue weighted by molar-refractivity contribution is -0.126. The van der Waals surface area contributed by atoms with Gasteiger partial charge in [0.15, 0.2) is 5.13 Å². The predicted octanol–water partition coefficient (Wildman–Crippen LogP) is 2.71. The van der Waals surface area contributed by atoms with Gasteiger partial charge in [-0.05, 0) is 39.7 Å². The number of nitrogens with zero attached hydrogens (tertiary/aromatic N) is 1. The van der Waals surface area contributed by atoms with E-state index in [0.717, 1.165) is 31.5 Å². The molecule has 112 valence electrons. The van der Waals surface area contributed by atoms with Gasteiger partial charge in [-0.15, -0.1) is 11.3 Å². The Morgan fingerprint density at radius 3 is 3.05 bits per heavy atom. The van der Waals surface area contributed by atoms with Gasteiger partial charge in [-0.2, -0.15) is 0 Å². The molecule has 3 atom stereocenters. The summed E-state index contributed by atoms with van der Waals surface area (Å²) in [6.45, 7) is 7.18. The number of aromatic nitrogens is 1. The van der Waals surface area contributed by atoms with Gasteiger partial charge in [0.1, 0.15) is 6.10 Å². The number of hydrogen-bond acceptors (Lipinski definition) is 5. The van der Waals surface area contributed by atoms with Crippen molar-refractivity contribution in [3.05, 3.63) is 11.1 Å². The Balaban J connectivity index is 1.87. The Morgan fingerprint density at radius 1 is 1.60 bits per heavy atom. The van der Waals surface area contributed by atoms with Gasteiger partial charge in [0.2, 0.25) is 0 Å². The maximum atomic E-state index is 12.0. The smallest absolute Gasteiger partial charge is 0.255 e. The zero-order valence-electron chi connectivity index (χ0n) is 12.3. The summed E-state index contributed by atoms with van der Waals surface area (Å²) in [5.74, 6) is -0.0792. The molecular formula is C14H23N3O2S. The molecule has 5 nitrogen and oxygen atoms in total. The molecule has 1 amide bonds. The van der Waals surface area contributed by atoms with Crippen molar-refractivity contribution in [1.82, 2.24) is 10.3 Å². The van der Waals surface area contributed by atoms with Crippen molar-refractivity contribution in [2.45, 2.75) is 58.3 Å². The third kappa shape index (κ3) is 4.01. The van der Waals surface area contributed by atoms with Crippen molar-refractivity contribution in [2.24, 2.45) is 0 Å². The zero-order chi connectivity index (χ0) is 14.5. The highest BCUT2D eigenvalue weighted by Gasteiger charge is 2.28. The average molecular weight is 297 g/mol. The number of hydrogen-bond donors (Lipinski definition) is 2. The summed E-state index contributed by atoms with van der Waals surface area (Å²) in [5, 5.41) is 8.87. The molecule has 1 saturated heterocycles. The highest BCUT2D eigenvalue weighted by Crippen LogP contribution is 2.23. The van der Waals surface area contributed by atoms with E-state index in [1.165, 1.54) is 11.3 Å². The van der Waals surface area contributed by atoms with E-state index >= 15 is 0 Å². The number of amides is 1. The molecule has 2 rings (SSSR count). The number of carbonyl (C=O) groups is 1. The zero-order valence-corrected chi connectivity index (χ0v) is 13.1. The fourth-order valence-corrected chi connectivity index (χ4v) is 3.00. The largest absolute Gasteiger partial charge is 0.365 e. The molecule has 0 spiro atoms. The normalized spacial score (nSPS) is 23.8. The summed E-state index contributed by atoms with van der Waals surface area (Å²) in [7, 11) is 0. The Morgan fingerprint density at radius 2 is 2.40 bits per heavy atom. The fourth-order valence-electron chi connectivity index (χ4n) is 2.19. The van der Waals surface area contributed by atoms with Crippen LogP contribution in [0.4, 0.5) is 5.13 Å². The van der Waals surface area contributed by atoms with E-state index < -0.39 is 0 Å². The van der Waals surface area contributed by atoms with Crippen LogP contribution in [-0.2, 0) is 9.53 Å². The van der Waals surface area contributed by atoms with Crippen LogP contribution in [0.15, 0.2) is 5.38 Å². The lowest BCUT2D eigenvalue weighted by Crippen LogP contribution is -2.27. The van der Waals surface area contributed by atoms with Crippen LogP contribution in [0.25, 0.3) is 0 Å². The molecular weight excluding hydrogens is 274 g/mol. The minimum Gasteiger partial charge on any atom is -0.365 e. The molecule has 1 aliphatic heterocycles. The SMILES string of the molecule is CCCNC(C)c1csc(NC(=O)C2CCC(C)O2)n1. The molecule has 0 aromatic carbocycles. The van der Waals surface area contributed by atoms with Gasteiger partial charge in [-0.25, -0.2) is 4.98 Å². The highest BCUT2D eigenvalue weighted by atomic mass is 32.1. The van der Waals surface area contributed by atoms with E-state index in [0.29, 0.717) is 5.13 Å². The number of thiazole rings is 1. The minimum atomic E-state index is -0.326. The predicted molar refractivity (Wildman–Crippen MR) is 81.0 cm³/mol. The third-order valence-corrected chi connectivity index (χ3v) is 4.20. The van der Waals surface area contributed by atoms with Gasteiger partial charge in [-0.3, -0.25) is 10.1 Å². The number of rotatable bonds is 6. The van der Waals surface area contributed by atoms with Crippen LogP contribution in [0.1, 0.15) is 51.8 Å². The van der Waals surface area contributed by atoms with E-state index in [4.69, 9.17) is 4.74 Å².